The van der Waals surface area contributed by atoms with Crippen molar-refractivity contribution in [3.05, 3.63) is 0 Å². The van der Waals surface area contributed by atoms with E-state index in [1.807, 2.05) is 16.7 Å². The first-order valence-electron chi connectivity index (χ1n) is 7.45. The summed E-state index contributed by atoms with van der Waals surface area (Å²) in [5.74, 6) is 1.79. The van der Waals surface area contributed by atoms with Gasteiger partial charge < -0.3 is 15.3 Å². The first-order valence-corrected chi connectivity index (χ1v) is 8.61. The number of carbonyl (C=O) groups is 2. The van der Waals surface area contributed by atoms with Crippen LogP contribution in [-0.4, -0.2) is 53.1 Å². The topological polar surface area (TPSA) is 69.6 Å². The van der Waals surface area contributed by atoms with Crippen molar-refractivity contribution in [2.75, 3.05) is 31.1 Å². The smallest absolute Gasteiger partial charge is 0.317 e. The van der Waals surface area contributed by atoms with E-state index >= 15 is 0 Å². The molecule has 1 rings (SSSR count). The summed E-state index contributed by atoms with van der Waals surface area (Å²) in [4.78, 5) is 24.4. The SMILES string of the molecule is CCC(CCNC(=O)N1CCCSCC1)CCC(=O)O. The number of nitrogens with zero attached hydrogens (tertiary/aromatic N) is 1. The first kappa shape index (κ1) is 17.1. The Hall–Kier alpha value is -0.910. The Kier molecular flexibility index (Phi) is 8.49. The van der Waals surface area contributed by atoms with Crippen LogP contribution in [0.2, 0.25) is 0 Å². The minimum Gasteiger partial charge on any atom is -0.481 e. The van der Waals surface area contributed by atoms with Crippen molar-refractivity contribution >= 4 is 23.8 Å². The molecule has 0 aliphatic carbocycles. The summed E-state index contributed by atoms with van der Waals surface area (Å²) in [6.45, 7) is 4.38. The summed E-state index contributed by atoms with van der Waals surface area (Å²) in [6, 6.07) is 0.0283. The molecule has 0 aromatic rings. The minimum atomic E-state index is -0.741. The summed E-state index contributed by atoms with van der Waals surface area (Å²) < 4.78 is 0. The van der Waals surface area contributed by atoms with E-state index in [2.05, 4.69) is 12.2 Å². The number of carboxylic acids is 1. The number of nitrogens with one attached hydrogen (secondary N) is 1. The van der Waals surface area contributed by atoms with Crippen molar-refractivity contribution in [3.63, 3.8) is 0 Å². The van der Waals surface area contributed by atoms with Gasteiger partial charge in [0.25, 0.3) is 0 Å². The van der Waals surface area contributed by atoms with Gasteiger partial charge in [0.1, 0.15) is 0 Å². The van der Waals surface area contributed by atoms with Gasteiger partial charge in [-0.25, -0.2) is 4.79 Å². The number of rotatable bonds is 7. The number of thioether (sulfide) groups is 1. The second-order valence-corrected chi connectivity index (χ2v) is 6.41. The molecule has 0 spiro atoms. The molecule has 0 radical (unpaired) electrons. The molecule has 1 aliphatic rings. The van der Waals surface area contributed by atoms with Gasteiger partial charge in [-0.15, -0.1) is 0 Å². The average Bonchev–Trinajstić information content (AvgIpc) is 2.71. The molecule has 1 heterocycles. The van der Waals surface area contributed by atoms with Gasteiger partial charge in [0.2, 0.25) is 0 Å². The van der Waals surface area contributed by atoms with E-state index in [1.165, 1.54) is 0 Å². The van der Waals surface area contributed by atoms with Crippen molar-refractivity contribution in [2.45, 2.75) is 39.0 Å². The van der Waals surface area contributed by atoms with E-state index in [1.54, 1.807) is 0 Å². The lowest BCUT2D eigenvalue weighted by molar-refractivity contribution is -0.137. The predicted octanol–water partition coefficient (Wildman–Crippen LogP) is 2.42. The molecule has 0 saturated carbocycles. The molecule has 6 heteroatoms. The molecule has 116 valence electrons. The molecular formula is C14H26N2O3S. The second-order valence-electron chi connectivity index (χ2n) is 5.18. The fourth-order valence-corrected chi connectivity index (χ4v) is 3.21. The maximum absolute atomic E-state index is 12.0. The highest BCUT2D eigenvalue weighted by Gasteiger charge is 2.15. The highest BCUT2D eigenvalue weighted by atomic mass is 32.2. The van der Waals surface area contributed by atoms with Crippen LogP contribution in [0, 0.1) is 5.92 Å². The third-order valence-electron chi connectivity index (χ3n) is 3.68. The standard InChI is InChI=1S/C14H26N2O3S/c1-2-12(4-5-13(17)18)6-7-15-14(19)16-8-3-10-20-11-9-16/h12H,2-11H2,1H3,(H,15,19)(H,17,18). The van der Waals surface area contributed by atoms with Crippen LogP contribution >= 0.6 is 11.8 Å². The van der Waals surface area contributed by atoms with E-state index in [4.69, 9.17) is 5.11 Å². The summed E-state index contributed by atoms with van der Waals surface area (Å²) in [7, 11) is 0. The van der Waals surface area contributed by atoms with Gasteiger partial charge in [0.05, 0.1) is 0 Å². The molecule has 0 bridgehead atoms. The normalized spacial score (nSPS) is 17.4. The monoisotopic (exact) mass is 302 g/mol. The Balaban J connectivity index is 2.20. The molecular weight excluding hydrogens is 276 g/mol. The van der Waals surface area contributed by atoms with Gasteiger partial charge in [-0.05, 0) is 30.9 Å². The van der Waals surface area contributed by atoms with Crippen molar-refractivity contribution < 1.29 is 14.7 Å². The zero-order chi connectivity index (χ0) is 14.8. The predicted molar refractivity (Wildman–Crippen MR) is 82.2 cm³/mol. The fraction of sp³-hybridized carbons (Fsp3) is 0.857. The lowest BCUT2D eigenvalue weighted by Gasteiger charge is -2.21. The fourth-order valence-electron chi connectivity index (χ4n) is 2.32. The van der Waals surface area contributed by atoms with Crippen molar-refractivity contribution in [1.29, 1.82) is 0 Å². The van der Waals surface area contributed by atoms with Crippen LogP contribution in [0.1, 0.15) is 39.0 Å². The molecule has 2 N–H and O–H groups in total. The largest absolute Gasteiger partial charge is 0.481 e. The quantitative estimate of drug-likeness (QED) is 0.758. The number of urea groups is 1. The Morgan fingerprint density at radius 2 is 2.10 bits per heavy atom. The third-order valence-corrected chi connectivity index (χ3v) is 4.73. The Morgan fingerprint density at radius 1 is 1.30 bits per heavy atom. The maximum atomic E-state index is 12.0. The van der Waals surface area contributed by atoms with Crippen LogP contribution < -0.4 is 5.32 Å². The minimum absolute atomic E-state index is 0.0283. The molecule has 2 amide bonds. The van der Waals surface area contributed by atoms with E-state index in [0.717, 1.165) is 43.9 Å². The van der Waals surface area contributed by atoms with Crippen LogP contribution in [0.4, 0.5) is 4.79 Å². The van der Waals surface area contributed by atoms with Crippen LogP contribution in [0.15, 0.2) is 0 Å². The molecule has 1 saturated heterocycles. The zero-order valence-corrected chi connectivity index (χ0v) is 13.1. The lowest BCUT2D eigenvalue weighted by atomic mass is 9.97. The van der Waals surface area contributed by atoms with E-state index < -0.39 is 5.97 Å². The van der Waals surface area contributed by atoms with Gasteiger partial charge in [0, 0.05) is 31.8 Å². The average molecular weight is 302 g/mol. The number of hydrogen-bond donors (Lipinski definition) is 2. The summed E-state index contributed by atoms with van der Waals surface area (Å²) in [5.41, 5.74) is 0. The molecule has 1 aliphatic heterocycles. The van der Waals surface area contributed by atoms with Gasteiger partial charge >= 0.3 is 12.0 Å². The second kappa shape index (κ2) is 9.91. The molecule has 1 atom stereocenters. The van der Waals surface area contributed by atoms with Gasteiger partial charge in [0.15, 0.2) is 0 Å². The molecule has 5 nitrogen and oxygen atoms in total. The highest BCUT2D eigenvalue weighted by Crippen LogP contribution is 2.15. The van der Waals surface area contributed by atoms with E-state index in [0.29, 0.717) is 18.9 Å². The lowest BCUT2D eigenvalue weighted by Crippen LogP contribution is -2.41. The third kappa shape index (κ3) is 7.03. The van der Waals surface area contributed by atoms with Crippen LogP contribution in [0.5, 0.6) is 0 Å². The number of carboxylic acid groups (broad SMARTS) is 1. The van der Waals surface area contributed by atoms with Gasteiger partial charge in [-0.3, -0.25) is 4.79 Å². The number of amides is 2. The summed E-state index contributed by atoms with van der Waals surface area (Å²) >= 11 is 1.90. The van der Waals surface area contributed by atoms with E-state index in [-0.39, 0.29) is 12.5 Å². The Bertz CT molecular complexity index is 305. The van der Waals surface area contributed by atoms with Crippen LogP contribution in [-0.2, 0) is 4.79 Å². The zero-order valence-electron chi connectivity index (χ0n) is 12.3. The van der Waals surface area contributed by atoms with Gasteiger partial charge in [-0.2, -0.15) is 11.8 Å². The molecule has 1 fully saturated rings. The first-order chi connectivity index (χ1) is 9.63. The Labute approximate surface area is 125 Å². The number of aliphatic carboxylic acids is 1. The van der Waals surface area contributed by atoms with E-state index in [9.17, 15) is 9.59 Å². The summed E-state index contributed by atoms with van der Waals surface area (Å²) in [6.07, 6.45) is 3.80. The summed E-state index contributed by atoms with van der Waals surface area (Å²) in [5, 5.41) is 11.7. The number of hydrogen-bond acceptors (Lipinski definition) is 3. The van der Waals surface area contributed by atoms with Crippen LogP contribution in [0.25, 0.3) is 0 Å². The maximum Gasteiger partial charge on any atom is 0.317 e. The van der Waals surface area contributed by atoms with Crippen molar-refractivity contribution in [1.82, 2.24) is 10.2 Å². The highest BCUT2D eigenvalue weighted by molar-refractivity contribution is 7.99. The van der Waals surface area contributed by atoms with Crippen molar-refractivity contribution in [2.24, 2.45) is 5.92 Å². The molecule has 1 unspecified atom stereocenters. The Morgan fingerprint density at radius 3 is 2.80 bits per heavy atom. The number of carbonyl (C=O) groups excluding carboxylic acids is 1. The molecule has 0 aromatic heterocycles. The van der Waals surface area contributed by atoms with Gasteiger partial charge in [-0.1, -0.05) is 13.3 Å². The van der Waals surface area contributed by atoms with Crippen molar-refractivity contribution in [3.8, 4) is 0 Å². The molecule has 0 aromatic carbocycles. The molecule has 20 heavy (non-hydrogen) atoms. The van der Waals surface area contributed by atoms with Crippen LogP contribution in [0.3, 0.4) is 0 Å².